The second kappa shape index (κ2) is 5.21. The van der Waals surface area contributed by atoms with E-state index in [1.54, 1.807) is 13.0 Å². The molecule has 1 aliphatic rings. The zero-order valence-corrected chi connectivity index (χ0v) is 10.9. The van der Waals surface area contributed by atoms with Crippen LogP contribution in [0.4, 0.5) is 10.1 Å². The van der Waals surface area contributed by atoms with E-state index in [9.17, 15) is 12.8 Å². The van der Waals surface area contributed by atoms with Crippen molar-refractivity contribution < 1.29 is 12.8 Å². The van der Waals surface area contributed by atoms with Gasteiger partial charge in [0.05, 0.1) is 5.69 Å². The number of aryl methyl sites for hydroxylation is 1. The minimum absolute atomic E-state index is 0.00599. The van der Waals surface area contributed by atoms with Crippen molar-refractivity contribution >= 4 is 15.9 Å². The Morgan fingerprint density at radius 1 is 1.33 bits per heavy atom. The van der Waals surface area contributed by atoms with Crippen molar-refractivity contribution in [3.8, 4) is 0 Å². The van der Waals surface area contributed by atoms with E-state index in [1.165, 1.54) is 16.4 Å². The Hall–Kier alpha value is -1.18. The van der Waals surface area contributed by atoms with Crippen LogP contribution in [0.5, 0.6) is 0 Å². The van der Waals surface area contributed by atoms with Gasteiger partial charge in [-0.05, 0) is 24.6 Å². The van der Waals surface area contributed by atoms with Gasteiger partial charge in [0.25, 0.3) is 0 Å². The Morgan fingerprint density at radius 2 is 2.00 bits per heavy atom. The van der Waals surface area contributed by atoms with E-state index < -0.39 is 16.0 Å². The standard InChI is InChI=1S/C11H16FN3O2S/c1-9-2-3-10(12)11(8-9)14-18(16,17)15-6-4-13-5-7-15/h2-3,8,13-14H,4-7H2,1H3. The zero-order valence-electron chi connectivity index (χ0n) is 10.1. The lowest BCUT2D eigenvalue weighted by Crippen LogP contribution is -2.48. The van der Waals surface area contributed by atoms with Gasteiger partial charge in [-0.15, -0.1) is 0 Å². The first-order valence-electron chi connectivity index (χ1n) is 5.74. The first-order valence-corrected chi connectivity index (χ1v) is 7.18. The molecule has 0 aliphatic carbocycles. The molecule has 0 amide bonds. The summed E-state index contributed by atoms with van der Waals surface area (Å²) in [4.78, 5) is 0. The van der Waals surface area contributed by atoms with Gasteiger partial charge < -0.3 is 5.32 Å². The van der Waals surface area contributed by atoms with Gasteiger partial charge in [0.2, 0.25) is 0 Å². The van der Waals surface area contributed by atoms with Crippen molar-refractivity contribution in [2.75, 3.05) is 30.9 Å². The number of benzene rings is 1. The molecule has 1 aromatic carbocycles. The van der Waals surface area contributed by atoms with Gasteiger partial charge in [-0.2, -0.15) is 12.7 Å². The highest BCUT2D eigenvalue weighted by Gasteiger charge is 2.24. The molecule has 0 aromatic heterocycles. The molecule has 5 nitrogen and oxygen atoms in total. The molecule has 0 spiro atoms. The van der Waals surface area contributed by atoms with Crippen LogP contribution in [0.25, 0.3) is 0 Å². The smallest absolute Gasteiger partial charge is 0.301 e. The highest BCUT2D eigenvalue weighted by atomic mass is 32.2. The van der Waals surface area contributed by atoms with Gasteiger partial charge in [0.15, 0.2) is 0 Å². The number of anilines is 1. The van der Waals surface area contributed by atoms with Gasteiger partial charge >= 0.3 is 10.2 Å². The summed E-state index contributed by atoms with van der Waals surface area (Å²) in [6.45, 7) is 3.78. The maximum Gasteiger partial charge on any atom is 0.301 e. The summed E-state index contributed by atoms with van der Waals surface area (Å²) in [5.41, 5.74) is 0.794. The summed E-state index contributed by atoms with van der Waals surface area (Å²) in [6, 6.07) is 4.33. The first kappa shape index (κ1) is 13.3. The molecule has 7 heteroatoms. The molecule has 2 rings (SSSR count). The second-order valence-electron chi connectivity index (χ2n) is 4.24. The monoisotopic (exact) mass is 273 g/mol. The third-order valence-corrected chi connectivity index (χ3v) is 4.30. The summed E-state index contributed by atoms with van der Waals surface area (Å²) in [6.07, 6.45) is 0. The molecular weight excluding hydrogens is 257 g/mol. The topological polar surface area (TPSA) is 61.4 Å². The number of rotatable bonds is 3. The Kier molecular flexibility index (Phi) is 3.84. The number of piperazine rings is 1. The van der Waals surface area contributed by atoms with E-state index in [2.05, 4.69) is 10.0 Å². The SMILES string of the molecule is Cc1ccc(F)c(NS(=O)(=O)N2CCNCC2)c1. The van der Waals surface area contributed by atoms with Gasteiger partial charge in [-0.25, -0.2) is 4.39 Å². The second-order valence-corrected chi connectivity index (χ2v) is 5.91. The molecule has 0 radical (unpaired) electrons. The number of hydrogen-bond acceptors (Lipinski definition) is 3. The van der Waals surface area contributed by atoms with Crippen LogP contribution in [-0.2, 0) is 10.2 Å². The molecule has 0 atom stereocenters. The van der Waals surface area contributed by atoms with Crippen LogP contribution >= 0.6 is 0 Å². The summed E-state index contributed by atoms with van der Waals surface area (Å²) in [7, 11) is -3.67. The van der Waals surface area contributed by atoms with E-state index in [0.717, 1.165) is 5.56 Å². The van der Waals surface area contributed by atoms with Crippen molar-refractivity contribution in [3.63, 3.8) is 0 Å². The fraction of sp³-hybridized carbons (Fsp3) is 0.455. The third-order valence-electron chi connectivity index (χ3n) is 2.78. The van der Waals surface area contributed by atoms with Crippen molar-refractivity contribution in [2.24, 2.45) is 0 Å². The molecule has 2 N–H and O–H groups in total. The van der Waals surface area contributed by atoms with E-state index in [-0.39, 0.29) is 5.69 Å². The highest BCUT2D eigenvalue weighted by Crippen LogP contribution is 2.18. The van der Waals surface area contributed by atoms with Gasteiger partial charge in [-0.1, -0.05) is 6.07 Å². The molecule has 100 valence electrons. The van der Waals surface area contributed by atoms with Crippen molar-refractivity contribution in [3.05, 3.63) is 29.6 Å². The molecule has 1 aromatic rings. The lowest BCUT2D eigenvalue weighted by atomic mass is 10.2. The highest BCUT2D eigenvalue weighted by molar-refractivity contribution is 7.90. The molecule has 0 unspecified atom stereocenters. The lowest BCUT2D eigenvalue weighted by molar-refractivity contribution is 0.362. The van der Waals surface area contributed by atoms with Crippen LogP contribution in [0.3, 0.4) is 0 Å². The molecular formula is C11H16FN3O2S. The van der Waals surface area contributed by atoms with Crippen LogP contribution in [0, 0.1) is 12.7 Å². The minimum Gasteiger partial charge on any atom is -0.314 e. The number of nitrogens with zero attached hydrogens (tertiary/aromatic N) is 1. The number of nitrogens with one attached hydrogen (secondary N) is 2. The number of halogens is 1. The normalized spacial score (nSPS) is 17.7. The fourth-order valence-electron chi connectivity index (χ4n) is 1.81. The molecule has 0 saturated carbocycles. The predicted octanol–water partition coefficient (Wildman–Crippen LogP) is 0.696. The molecule has 18 heavy (non-hydrogen) atoms. The predicted molar refractivity (Wildman–Crippen MR) is 68.1 cm³/mol. The molecule has 0 bridgehead atoms. The van der Waals surface area contributed by atoms with Crippen LogP contribution < -0.4 is 10.0 Å². The van der Waals surface area contributed by atoms with Gasteiger partial charge in [0, 0.05) is 26.2 Å². The van der Waals surface area contributed by atoms with Crippen LogP contribution in [0.2, 0.25) is 0 Å². The van der Waals surface area contributed by atoms with Gasteiger partial charge in [-0.3, -0.25) is 4.72 Å². The van der Waals surface area contributed by atoms with Gasteiger partial charge in [0.1, 0.15) is 5.82 Å². The maximum atomic E-state index is 13.5. The Bertz CT molecular complexity index is 527. The van der Waals surface area contributed by atoms with E-state index in [0.29, 0.717) is 26.2 Å². The number of hydrogen-bond donors (Lipinski definition) is 2. The largest absolute Gasteiger partial charge is 0.314 e. The van der Waals surface area contributed by atoms with Crippen LogP contribution in [-0.4, -0.2) is 38.9 Å². The molecule has 1 fully saturated rings. The Morgan fingerprint density at radius 3 is 2.67 bits per heavy atom. The van der Waals surface area contributed by atoms with Crippen molar-refractivity contribution in [2.45, 2.75) is 6.92 Å². The lowest BCUT2D eigenvalue weighted by Gasteiger charge is -2.27. The average molecular weight is 273 g/mol. The molecule has 1 saturated heterocycles. The van der Waals surface area contributed by atoms with Crippen LogP contribution in [0.15, 0.2) is 18.2 Å². The van der Waals surface area contributed by atoms with Crippen molar-refractivity contribution in [1.29, 1.82) is 0 Å². The molecule has 1 aliphatic heterocycles. The molecule has 1 heterocycles. The van der Waals surface area contributed by atoms with E-state index in [4.69, 9.17) is 0 Å². The Labute approximate surface area is 106 Å². The quantitative estimate of drug-likeness (QED) is 0.852. The van der Waals surface area contributed by atoms with E-state index in [1.807, 2.05) is 0 Å². The minimum atomic E-state index is -3.67. The zero-order chi connectivity index (χ0) is 13.2. The fourth-order valence-corrected chi connectivity index (χ4v) is 3.03. The summed E-state index contributed by atoms with van der Waals surface area (Å²) >= 11 is 0. The average Bonchev–Trinajstić information content (AvgIpc) is 2.35. The first-order chi connectivity index (χ1) is 8.49. The Balaban J connectivity index is 2.18. The van der Waals surface area contributed by atoms with E-state index >= 15 is 0 Å². The van der Waals surface area contributed by atoms with Crippen molar-refractivity contribution in [1.82, 2.24) is 9.62 Å². The summed E-state index contributed by atoms with van der Waals surface area (Å²) < 4.78 is 41.2. The van der Waals surface area contributed by atoms with Crippen LogP contribution in [0.1, 0.15) is 5.56 Å². The third kappa shape index (κ3) is 2.98. The maximum absolute atomic E-state index is 13.5. The summed E-state index contributed by atoms with van der Waals surface area (Å²) in [5.74, 6) is -0.570. The summed E-state index contributed by atoms with van der Waals surface area (Å²) in [5, 5.41) is 3.06.